The van der Waals surface area contributed by atoms with E-state index >= 15 is 0 Å². The average molecular weight is 297 g/mol. The number of nitrogens with zero attached hydrogens (tertiary/aromatic N) is 2. The normalized spacial score (nSPS) is 14.9. The Morgan fingerprint density at radius 3 is 2.76 bits per heavy atom. The highest BCUT2D eigenvalue weighted by atomic mass is 32.1. The average Bonchev–Trinajstić information content (AvgIpc) is 2.71. The summed E-state index contributed by atoms with van der Waals surface area (Å²) in [6.45, 7) is 0. The third-order valence-corrected chi connectivity index (χ3v) is 5.21. The van der Waals surface area contributed by atoms with Crippen molar-refractivity contribution in [2.75, 3.05) is 0 Å². The topological polar surface area (TPSA) is 58.6 Å². The Bertz CT molecular complexity index is 851. The van der Waals surface area contributed by atoms with Gasteiger partial charge >= 0.3 is 0 Å². The van der Waals surface area contributed by atoms with Gasteiger partial charge in [-0.1, -0.05) is 6.42 Å². The van der Waals surface area contributed by atoms with Gasteiger partial charge in [0.1, 0.15) is 10.7 Å². The summed E-state index contributed by atoms with van der Waals surface area (Å²) in [7, 11) is 0. The van der Waals surface area contributed by atoms with E-state index in [9.17, 15) is 4.79 Å². The second-order valence-corrected chi connectivity index (χ2v) is 6.48. The molecule has 1 aliphatic rings. The summed E-state index contributed by atoms with van der Waals surface area (Å²) >= 11 is 1.69. The zero-order chi connectivity index (χ0) is 14.2. The maximum Gasteiger partial charge on any atom is 0.260 e. The van der Waals surface area contributed by atoms with E-state index in [1.165, 1.54) is 29.7 Å². The lowest BCUT2D eigenvalue weighted by molar-refractivity contribution is 0.713. The zero-order valence-corrected chi connectivity index (χ0v) is 12.4. The van der Waals surface area contributed by atoms with Crippen LogP contribution in [0.15, 0.2) is 29.3 Å². The number of fused-ring (bicyclic) bond motifs is 3. The predicted octanol–water partition coefficient (Wildman–Crippen LogP) is 3.32. The van der Waals surface area contributed by atoms with Crippen LogP contribution in [-0.2, 0) is 12.8 Å². The summed E-state index contributed by atoms with van der Waals surface area (Å²) < 4.78 is 0. The Morgan fingerprint density at radius 2 is 1.90 bits per heavy atom. The van der Waals surface area contributed by atoms with E-state index in [2.05, 4.69) is 15.0 Å². The van der Waals surface area contributed by atoms with E-state index in [0.717, 1.165) is 28.6 Å². The molecule has 3 heterocycles. The lowest BCUT2D eigenvalue weighted by Gasteiger charge is -2.01. The SMILES string of the molecule is O=c1[nH]c(-c2ccncc2)nc2sc3c(c12)CCCCC3. The molecule has 0 aromatic carbocycles. The van der Waals surface area contributed by atoms with Crippen LogP contribution in [0.1, 0.15) is 29.7 Å². The number of H-pyrrole nitrogens is 1. The van der Waals surface area contributed by atoms with Gasteiger partial charge in [-0.25, -0.2) is 4.98 Å². The van der Waals surface area contributed by atoms with E-state index in [1.807, 2.05) is 12.1 Å². The molecule has 5 heteroatoms. The molecule has 0 fully saturated rings. The second kappa shape index (κ2) is 5.07. The Morgan fingerprint density at radius 1 is 1.10 bits per heavy atom. The van der Waals surface area contributed by atoms with E-state index in [-0.39, 0.29) is 5.56 Å². The van der Waals surface area contributed by atoms with Gasteiger partial charge in [0, 0.05) is 22.8 Å². The van der Waals surface area contributed by atoms with Crippen molar-refractivity contribution < 1.29 is 0 Å². The van der Waals surface area contributed by atoms with Gasteiger partial charge in [0.05, 0.1) is 5.39 Å². The van der Waals surface area contributed by atoms with Crippen molar-refractivity contribution in [3.8, 4) is 11.4 Å². The first kappa shape index (κ1) is 12.7. The minimum atomic E-state index is -0.00814. The minimum absolute atomic E-state index is 0.00814. The van der Waals surface area contributed by atoms with Gasteiger partial charge in [-0.15, -0.1) is 11.3 Å². The van der Waals surface area contributed by atoms with Crippen LogP contribution in [0, 0.1) is 0 Å². The number of rotatable bonds is 1. The van der Waals surface area contributed by atoms with E-state index in [1.54, 1.807) is 23.7 Å². The summed E-state index contributed by atoms with van der Waals surface area (Å²) in [5, 5.41) is 0.815. The molecule has 106 valence electrons. The summed E-state index contributed by atoms with van der Waals surface area (Å²) in [6.07, 6.45) is 9.16. The Balaban J connectivity index is 1.94. The molecule has 0 saturated carbocycles. The zero-order valence-electron chi connectivity index (χ0n) is 11.6. The number of aryl methyl sites for hydroxylation is 2. The standard InChI is InChI=1S/C16H15N3OS/c20-15-13-11-4-2-1-3-5-12(11)21-16(13)19-14(18-15)10-6-8-17-9-7-10/h6-9H,1-5H2,(H,18,19,20). The first-order chi connectivity index (χ1) is 10.3. The molecule has 4 nitrogen and oxygen atoms in total. The number of nitrogens with one attached hydrogen (secondary N) is 1. The van der Waals surface area contributed by atoms with Crippen molar-refractivity contribution in [1.82, 2.24) is 15.0 Å². The molecule has 0 aliphatic heterocycles. The third kappa shape index (κ3) is 2.17. The van der Waals surface area contributed by atoms with Crippen LogP contribution < -0.4 is 5.56 Å². The fourth-order valence-electron chi connectivity index (χ4n) is 2.99. The number of hydrogen-bond acceptors (Lipinski definition) is 4. The van der Waals surface area contributed by atoms with Crippen LogP contribution in [0.25, 0.3) is 21.6 Å². The van der Waals surface area contributed by atoms with E-state index < -0.39 is 0 Å². The van der Waals surface area contributed by atoms with Gasteiger partial charge in [-0.3, -0.25) is 9.78 Å². The van der Waals surface area contributed by atoms with Gasteiger partial charge in [0.25, 0.3) is 5.56 Å². The van der Waals surface area contributed by atoms with Crippen LogP contribution in [0.2, 0.25) is 0 Å². The Hall–Kier alpha value is -2.01. The van der Waals surface area contributed by atoms with Crippen molar-refractivity contribution >= 4 is 21.6 Å². The largest absolute Gasteiger partial charge is 0.306 e. The number of thiophene rings is 1. The van der Waals surface area contributed by atoms with Crippen LogP contribution in [0.5, 0.6) is 0 Å². The van der Waals surface area contributed by atoms with Crippen molar-refractivity contribution in [2.45, 2.75) is 32.1 Å². The summed E-state index contributed by atoms with van der Waals surface area (Å²) in [5.41, 5.74) is 2.13. The first-order valence-corrected chi connectivity index (χ1v) is 8.09. The molecule has 4 rings (SSSR count). The molecule has 21 heavy (non-hydrogen) atoms. The molecule has 0 atom stereocenters. The fraction of sp³-hybridized carbons (Fsp3) is 0.312. The quantitative estimate of drug-likeness (QED) is 0.701. The van der Waals surface area contributed by atoms with Gasteiger partial charge < -0.3 is 4.98 Å². The molecule has 0 amide bonds. The maximum absolute atomic E-state index is 12.5. The fourth-order valence-corrected chi connectivity index (χ4v) is 4.25. The van der Waals surface area contributed by atoms with Crippen LogP contribution in [0.3, 0.4) is 0 Å². The summed E-state index contributed by atoms with van der Waals surface area (Å²) in [4.78, 5) is 26.4. The number of hydrogen-bond donors (Lipinski definition) is 1. The molecule has 1 N–H and O–H groups in total. The van der Waals surface area contributed by atoms with Gasteiger partial charge in [-0.2, -0.15) is 0 Å². The summed E-state index contributed by atoms with van der Waals surface area (Å²) in [5.74, 6) is 0.631. The van der Waals surface area contributed by atoms with Crippen LogP contribution >= 0.6 is 11.3 Å². The molecule has 3 aromatic rings. The molecule has 3 aromatic heterocycles. The first-order valence-electron chi connectivity index (χ1n) is 7.28. The second-order valence-electron chi connectivity index (χ2n) is 5.40. The highest BCUT2D eigenvalue weighted by Gasteiger charge is 2.19. The number of aromatic nitrogens is 3. The Labute approximate surface area is 125 Å². The predicted molar refractivity (Wildman–Crippen MR) is 84.7 cm³/mol. The van der Waals surface area contributed by atoms with Crippen molar-refractivity contribution in [3.63, 3.8) is 0 Å². The minimum Gasteiger partial charge on any atom is -0.306 e. The van der Waals surface area contributed by atoms with E-state index in [4.69, 9.17) is 0 Å². The number of pyridine rings is 1. The highest BCUT2D eigenvalue weighted by molar-refractivity contribution is 7.18. The van der Waals surface area contributed by atoms with Crippen LogP contribution in [0.4, 0.5) is 0 Å². The summed E-state index contributed by atoms with van der Waals surface area (Å²) in [6, 6.07) is 3.73. The van der Waals surface area contributed by atoms with E-state index in [0.29, 0.717) is 5.82 Å². The van der Waals surface area contributed by atoms with Gasteiger partial charge in [-0.05, 0) is 43.4 Å². The monoisotopic (exact) mass is 297 g/mol. The smallest absolute Gasteiger partial charge is 0.260 e. The molecule has 0 radical (unpaired) electrons. The molecule has 0 saturated heterocycles. The number of aromatic amines is 1. The van der Waals surface area contributed by atoms with Gasteiger partial charge in [0.2, 0.25) is 0 Å². The van der Waals surface area contributed by atoms with Crippen LogP contribution in [-0.4, -0.2) is 15.0 Å². The third-order valence-electron chi connectivity index (χ3n) is 4.03. The van der Waals surface area contributed by atoms with Crippen molar-refractivity contribution in [1.29, 1.82) is 0 Å². The van der Waals surface area contributed by atoms with Crippen molar-refractivity contribution in [2.24, 2.45) is 0 Å². The Kier molecular flexibility index (Phi) is 3.07. The lowest BCUT2D eigenvalue weighted by atomic mass is 10.1. The van der Waals surface area contributed by atoms with Gasteiger partial charge in [0.15, 0.2) is 0 Å². The highest BCUT2D eigenvalue weighted by Crippen LogP contribution is 2.33. The molecule has 0 spiro atoms. The molecule has 0 bridgehead atoms. The molecule has 0 unspecified atom stereocenters. The molecular weight excluding hydrogens is 282 g/mol. The molecular formula is C16H15N3OS. The van der Waals surface area contributed by atoms with Crippen molar-refractivity contribution in [3.05, 3.63) is 45.3 Å². The molecule has 1 aliphatic carbocycles. The lowest BCUT2D eigenvalue weighted by Crippen LogP contribution is -2.10. The maximum atomic E-state index is 12.5.